The van der Waals surface area contributed by atoms with Gasteiger partial charge in [0.1, 0.15) is 41.3 Å². The maximum atomic E-state index is 13.8. The zero-order valence-electron chi connectivity index (χ0n) is 30.1. The Morgan fingerprint density at radius 2 is 1.77 bits per heavy atom. The molecule has 3 atom stereocenters. The summed E-state index contributed by atoms with van der Waals surface area (Å²) in [5.74, 6) is 1.69. The molecular formula is C38H44N6O8. The van der Waals surface area contributed by atoms with E-state index in [1.165, 1.54) is 4.80 Å². The van der Waals surface area contributed by atoms with Crippen LogP contribution < -0.4 is 9.47 Å². The molecular weight excluding hydrogens is 668 g/mol. The van der Waals surface area contributed by atoms with Gasteiger partial charge in [-0.25, -0.2) is 9.78 Å². The minimum absolute atomic E-state index is 0.134. The average molecular weight is 713 g/mol. The molecule has 2 aromatic heterocycles. The third-order valence-corrected chi connectivity index (χ3v) is 8.83. The first kappa shape index (κ1) is 36.6. The lowest BCUT2D eigenvalue weighted by Crippen LogP contribution is -2.29. The fourth-order valence-electron chi connectivity index (χ4n) is 6.16. The maximum absolute atomic E-state index is 13.8. The van der Waals surface area contributed by atoms with Gasteiger partial charge in [0.25, 0.3) is 6.48 Å². The molecule has 1 aliphatic heterocycles. The number of rotatable bonds is 14. The van der Waals surface area contributed by atoms with Gasteiger partial charge in [-0.05, 0) is 67.3 Å². The summed E-state index contributed by atoms with van der Waals surface area (Å²) in [6.07, 6.45) is 0.168. The van der Waals surface area contributed by atoms with Crippen LogP contribution in [0, 0.1) is 0 Å². The van der Waals surface area contributed by atoms with Crippen LogP contribution in [0.1, 0.15) is 67.2 Å². The summed E-state index contributed by atoms with van der Waals surface area (Å²) >= 11 is 0. The summed E-state index contributed by atoms with van der Waals surface area (Å²) in [6, 6.07) is 21.5. The van der Waals surface area contributed by atoms with E-state index < -0.39 is 30.3 Å². The van der Waals surface area contributed by atoms with Crippen molar-refractivity contribution in [3.63, 3.8) is 0 Å². The lowest BCUT2D eigenvalue weighted by Gasteiger charge is -2.19. The first-order valence-corrected chi connectivity index (χ1v) is 17.1. The summed E-state index contributed by atoms with van der Waals surface area (Å²) in [4.78, 5) is 20.1. The van der Waals surface area contributed by atoms with Crippen LogP contribution in [0.4, 0.5) is 0 Å². The van der Waals surface area contributed by atoms with Crippen molar-refractivity contribution in [2.24, 2.45) is 0 Å². The van der Waals surface area contributed by atoms with Crippen molar-refractivity contribution in [3.05, 3.63) is 95.1 Å². The van der Waals surface area contributed by atoms with E-state index in [1.807, 2.05) is 73.7 Å². The zero-order chi connectivity index (χ0) is 37.0. The molecule has 0 bridgehead atoms. The van der Waals surface area contributed by atoms with Crippen LogP contribution in [0.15, 0.2) is 66.7 Å². The number of aryl methyl sites for hydroxylation is 1. The summed E-state index contributed by atoms with van der Waals surface area (Å²) in [7, 11) is 3.20. The average Bonchev–Trinajstić information content (AvgIpc) is 3.84. The van der Waals surface area contributed by atoms with Gasteiger partial charge in [0.15, 0.2) is 5.69 Å². The van der Waals surface area contributed by atoms with Crippen molar-refractivity contribution >= 4 is 5.97 Å². The van der Waals surface area contributed by atoms with E-state index in [4.69, 9.17) is 33.8 Å². The SMILES string of the molecule is CCCc1nc(C(C)(C)O)c(C(=O)OCC2OC(O)OC2C)n1Cc1ccc(-c2ccccc2)c(-c2nnn(Cc3ccc(OC)cc3OC)n2)c1. The normalized spacial score (nSPS) is 17.3. The largest absolute Gasteiger partial charge is 0.497 e. The van der Waals surface area contributed by atoms with Crippen LogP contribution >= 0.6 is 0 Å². The fraction of sp³-hybridized carbons (Fsp3) is 0.395. The van der Waals surface area contributed by atoms with Gasteiger partial charge < -0.3 is 38.5 Å². The standard InChI is InChI=1S/C38H44N6O8/c1-7-11-32-39-34(38(3,4)47)33(36(45)50-22-31-23(2)51-37(46)52-31)43(32)20-24-14-17-28(25-12-9-8-10-13-25)29(18-24)35-40-42-44(41-35)21-26-15-16-27(48-5)19-30(26)49-6/h8-10,12-19,23,31,37,46-47H,7,11,20-22H2,1-6H3. The van der Waals surface area contributed by atoms with Crippen LogP contribution in [0.25, 0.3) is 22.5 Å². The minimum Gasteiger partial charge on any atom is -0.497 e. The third kappa shape index (κ3) is 8.00. The van der Waals surface area contributed by atoms with E-state index in [0.29, 0.717) is 36.1 Å². The number of aliphatic hydroxyl groups is 2. The minimum atomic E-state index is -1.45. The van der Waals surface area contributed by atoms with Crippen LogP contribution in [0.3, 0.4) is 0 Å². The van der Waals surface area contributed by atoms with Gasteiger partial charge in [-0.2, -0.15) is 4.80 Å². The molecule has 52 heavy (non-hydrogen) atoms. The van der Waals surface area contributed by atoms with Crippen molar-refractivity contribution in [3.8, 4) is 34.0 Å². The van der Waals surface area contributed by atoms with E-state index in [-0.39, 0.29) is 24.5 Å². The van der Waals surface area contributed by atoms with Crippen molar-refractivity contribution in [1.82, 2.24) is 29.8 Å². The number of carbonyl (C=O) groups excluding carboxylic acids is 1. The van der Waals surface area contributed by atoms with Gasteiger partial charge in [-0.3, -0.25) is 0 Å². The van der Waals surface area contributed by atoms with E-state index in [1.54, 1.807) is 39.6 Å². The van der Waals surface area contributed by atoms with Crippen LogP contribution in [-0.4, -0.2) is 85.5 Å². The highest BCUT2D eigenvalue weighted by molar-refractivity contribution is 5.89. The van der Waals surface area contributed by atoms with E-state index >= 15 is 0 Å². The second-order valence-electron chi connectivity index (χ2n) is 13.1. The summed E-state index contributed by atoms with van der Waals surface area (Å²) in [6.45, 7) is 5.92. The number of esters is 1. The Morgan fingerprint density at radius 3 is 2.44 bits per heavy atom. The Balaban J connectivity index is 1.38. The number of carbonyl (C=O) groups is 1. The van der Waals surface area contributed by atoms with Gasteiger partial charge in [-0.15, -0.1) is 10.2 Å². The number of hydrogen-bond acceptors (Lipinski definition) is 12. The molecule has 3 aromatic carbocycles. The molecule has 0 saturated carbocycles. The molecule has 1 aliphatic rings. The third-order valence-electron chi connectivity index (χ3n) is 8.83. The van der Waals surface area contributed by atoms with Crippen molar-refractivity contribution in [1.29, 1.82) is 0 Å². The molecule has 0 spiro atoms. The number of hydrogen-bond donors (Lipinski definition) is 2. The zero-order valence-corrected chi connectivity index (χ0v) is 30.1. The smallest absolute Gasteiger partial charge is 0.357 e. The second-order valence-corrected chi connectivity index (χ2v) is 13.1. The van der Waals surface area contributed by atoms with E-state index in [0.717, 1.165) is 34.2 Å². The van der Waals surface area contributed by atoms with Gasteiger partial charge in [0.05, 0.1) is 26.9 Å². The van der Waals surface area contributed by atoms with Gasteiger partial charge in [0.2, 0.25) is 5.82 Å². The number of tetrazole rings is 1. The molecule has 274 valence electrons. The molecule has 3 heterocycles. The van der Waals surface area contributed by atoms with Crippen LogP contribution in [0.5, 0.6) is 11.5 Å². The number of benzene rings is 3. The van der Waals surface area contributed by atoms with Crippen molar-refractivity contribution in [2.45, 2.75) is 77.9 Å². The molecule has 2 N–H and O–H groups in total. The van der Waals surface area contributed by atoms with Crippen LogP contribution in [0.2, 0.25) is 0 Å². The molecule has 0 aliphatic carbocycles. The first-order chi connectivity index (χ1) is 25.0. The molecule has 3 unspecified atom stereocenters. The second kappa shape index (κ2) is 15.6. The number of methoxy groups -OCH3 is 2. The highest BCUT2D eigenvalue weighted by Gasteiger charge is 2.36. The lowest BCUT2D eigenvalue weighted by atomic mass is 9.97. The Labute approximate surface area is 301 Å². The Morgan fingerprint density at radius 1 is 0.981 bits per heavy atom. The topological polar surface area (TPSA) is 165 Å². The molecule has 14 heteroatoms. The Hall–Kier alpha value is -5.15. The number of ether oxygens (including phenoxy) is 5. The van der Waals surface area contributed by atoms with Crippen LogP contribution in [-0.2, 0) is 39.3 Å². The number of imidazole rings is 1. The Kier molecular flexibility index (Phi) is 11.0. The first-order valence-electron chi connectivity index (χ1n) is 17.1. The predicted octanol–water partition coefficient (Wildman–Crippen LogP) is 4.73. The molecule has 0 radical (unpaired) electrons. The fourth-order valence-corrected chi connectivity index (χ4v) is 6.16. The molecule has 0 amide bonds. The van der Waals surface area contributed by atoms with Gasteiger partial charge in [-0.1, -0.05) is 49.4 Å². The van der Waals surface area contributed by atoms with Crippen molar-refractivity contribution < 1.29 is 38.7 Å². The van der Waals surface area contributed by atoms with Gasteiger partial charge in [0, 0.05) is 30.2 Å². The highest BCUT2D eigenvalue weighted by Crippen LogP contribution is 2.33. The molecule has 1 fully saturated rings. The van der Waals surface area contributed by atoms with Gasteiger partial charge >= 0.3 is 5.97 Å². The molecule has 5 aromatic rings. The quantitative estimate of drug-likeness (QED) is 0.152. The lowest BCUT2D eigenvalue weighted by molar-refractivity contribution is -0.211. The number of aliphatic hydroxyl groups excluding tert-OH is 1. The summed E-state index contributed by atoms with van der Waals surface area (Å²) in [5, 5.41) is 34.5. The molecule has 14 nitrogen and oxygen atoms in total. The predicted molar refractivity (Wildman–Crippen MR) is 190 cm³/mol. The number of aromatic nitrogens is 6. The Bertz CT molecular complexity index is 2000. The summed E-state index contributed by atoms with van der Waals surface area (Å²) in [5.41, 5.74) is 3.19. The van der Waals surface area contributed by atoms with E-state index in [2.05, 4.69) is 10.3 Å². The maximum Gasteiger partial charge on any atom is 0.357 e. The highest BCUT2D eigenvalue weighted by atomic mass is 16.8. The van der Waals surface area contributed by atoms with E-state index in [9.17, 15) is 15.0 Å². The van der Waals surface area contributed by atoms with Crippen molar-refractivity contribution in [2.75, 3.05) is 20.8 Å². The summed E-state index contributed by atoms with van der Waals surface area (Å²) < 4.78 is 29.0. The number of nitrogens with zero attached hydrogens (tertiary/aromatic N) is 6. The molecule has 6 rings (SSSR count). The molecule has 1 saturated heterocycles. The monoisotopic (exact) mass is 712 g/mol.